The standard InChI is InChI=1S/C14H20N4O2/c1-11(16-17-14(15)19)13(12-5-3-2-4-6-12)18-7-9-20-10-8-18/h2-6,13H,7-10H2,1H3,(H3,15,17,19)/b16-11-/t13-/m0/s1. The Morgan fingerprint density at radius 1 is 1.35 bits per heavy atom. The lowest BCUT2D eigenvalue weighted by atomic mass is 10.0. The molecule has 0 spiro atoms. The Hall–Kier alpha value is -1.92. The average molecular weight is 276 g/mol. The molecule has 0 aromatic heterocycles. The molecule has 1 atom stereocenters. The molecule has 6 nitrogen and oxygen atoms in total. The zero-order valence-corrected chi connectivity index (χ0v) is 11.6. The summed E-state index contributed by atoms with van der Waals surface area (Å²) in [7, 11) is 0. The quantitative estimate of drug-likeness (QED) is 0.638. The summed E-state index contributed by atoms with van der Waals surface area (Å²) in [6.07, 6.45) is 0. The van der Waals surface area contributed by atoms with Gasteiger partial charge in [0.15, 0.2) is 0 Å². The van der Waals surface area contributed by atoms with E-state index in [2.05, 4.69) is 27.6 Å². The van der Waals surface area contributed by atoms with Gasteiger partial charge in [-0.3, -0.25) is 4.90 Å². The second kappa shape index (κ2) is 7.02. The lowest BCUT2D eigenvalue weighted by Gasteiger charge is -2.34. The summed E-state index contributed by atoms with van der Waals surface area (Å²) in [5.41, 5.74) is 9.31. The first kappa shape index (κ1) is 14.5. The van der Waals surface area contributed by atoms with E-state index < -0.39 is 6.03 Å². The molecule has 0 radical (unpaired) electrons. The van der Waals surface area contributed by atoms with Crippen molar-refractivity contribution in [2.45, 2.75) is 13.0 Å². The minimum absolute atomic E-state index is 0.0203. The number of rotatable bonds is 4. The van der Waals surface area contributed by atoms with Gasteiger partial charge in [-0.2, -0.15) is 5.10 Å². The fourth-order valence-corrected chi connectivity index (χ4v) is 2.39. The molecule has 20 heavy (non-hydrogen) atoms. The van der Waals surface area contributed by atoms with Crippen molar-refractivity contribution < 1.29 is 9.53 Å². The Morgan fingerprint density at radius 2 is 2.00 bits per heavy atom. The second-order valence-electron chi connectivity index (χ2n) is 4.69. The third-order valence-corrected chi connectivity index (χ3v) is 3.26. The molecule has 0 bridgehead atoms. The Balaban J connectivity index is 2.23. The second-order valence-corrected chi connectivity index (χ2v) is 4.69. The van der Waals surface area contributed by atoms with Crippen LogP contribution in [-0.2, 0) is 4.74 Å². The molecule has 0 saturated carbocycles. The number of hydrogen-bond donors (Lipinski definition) is 2. The van der Waals surface area contributed by atoms with Gasteiger partial charge in [0.2, 0.25) is 0 Å². The molecule has 108 valence electrons. The third-order valence-electron chi connectivity index (χ3n) is 3.26. The fraction of sp³-hybridized carbons (Fsp3) is 0.429. The van der Waals surface area contributed by atoms with E-state index in [9.17, 15) is 4.79 Å². The summed E-state index contributed by atoms with van der Waals surface area (Å²) in [5.74, 6) is 0. The number of carbonyl (C=O) groups excluding carboxylic acids is 1. The van der Waals surface area contributed by atoms with Crippen LogP contribution < -0.4 is 11.2 Å². The van der Waals surface area contributed by atoms with Crippen LogP contribution in [0.1, 0.15) is 18.5 Å². The highest BCUT2D eigenvalue weighted by atomic mass is 16.5. The van der Waals surface area contributed by atoms with Crippen LogP contribution in [0.2, 0.25) is 0 Å². The van der Waals surface area contributed by atoms with Crippen molar-refractivity contribution >= 4 is 11.7 Å². The Bertz CT molecular complexity index is 469. The van der Waals surface area contributed by atoms with E-state index in [-0.39, 0.29) is 6.04 Å². The van der Waals surface area contributed by atoms with E-state index >= 15 is 0 Å². The number of amides is 2. The van der Waals surface area contributed by atoms with E-state index in [1.54, 1.807) is 0 Å². The van der Waals surface area contributed by atoms with Crippen molar-refractivity contribution in [3.05, 3.63) is 35.9 Å². The van der Waals surface area contributed by atoms with Crippen LogP contribution in [0.3, 0.4) is 0 Å². The lowest BCUT2D eigenvalue weighted by molar-refractivity contribution is 0.0285. The predicted octanol–water partition coefficient (Wildman–Crippen LogP) is 1.10. The van der Waals surface area contributed by atoms with Crippen molar-refractivity contribution in [2.75, 3.05) is 26.3 Å². The Morgan fingerprint density at radius 3 is 2.60 bits per heavy atom. The van der Waals surface area contributed by atoms with Gasteiger partial charge < -0.3 is 10.5 Å². The summed E-state index contributed by atoms with van der Waals surface area (Å²) in [4.78, 5) is 13.1. The summed E-state index contributed by atoms with van der Waals surface area (Å²) in [6.45, 7) is 4.98. The minimum Gasteiger partial charge on any atom is -0.379 e. The maximum Gasteiger partial charge on any atom is 0.332 e. The maximum absolute atomic E-state index is 10.8. The van der Waals surface area contributed by atoms with Crippen LogP contribution in [0, 0.1) is 0 Å². The van der Waals surface area contributed by atoms with Gasteiger partial charge in [-0.05, 0) is 12.5 Å². The van der Waals surface area contributed by atoms with Crippen molar-refractivity contribution in [3.63, 3.8) is 0 Å². The summed E-state index contributed by atoms with van der Waals surface area (Å²) >= 11 is 0. The lowest BCUT2D eigenvalue weighted by Crippen LogP contribution is -2.42. The number of hydrazone groups is 1. The smallest absolute Gasteiger partial charge is 0.332 e. The molecule has 3 N–H and O–H groups in total. The van der Waals surface area contributed by atoms with Gasteiger partial charge in [0, 0.05) is 13.1 Å². The molecular formula is C14H20N4O2. The van der Waals surface area contributed by atoms with Crippen LogP contribution >= 0.6 is 0 Å². The highest BCUT2D eigenvalue weighted by molar-refractivity contribution is 5.89. The number of urea groups is 1. The Labute approximate surface area is 118 Å². The van der Waals surface area contributed by atoms with Gasteiger partial charge in [0.1, 0.15) is 0 Å². The monoisotopic (exact) mass is 276 g/mol. The molecule has 0 aliphatic carbocycles. The molecule has 2 rings (SSSR count). The molecule has 1 aliphatic rings. The van der Waals surface area contributed by atoms with Crippen LogP contribution in [0.4, 0.5) is 4.79 Å². The molecule has 1 aromatic carbocycles. The highest BCUT2D eigenvalue weighted by Crippen LogP contribution is 2.23. The van der Waals surface area contributed by atoms with E-state index in [1.807, 2.05) is 25.1 Å². The van der Waals surface area contributed by atoms with Crippen molar-refractivity contribution in [2.24, 2.45) is 10.8 Å². The zero-order chi connectivity index (χ0) is 14.4. The van der Waals surface area contributed by atoms with Crippen molar-refractivity contribution in [3.8, 4) is 0 Å². The molecule has 2 amide bonds. The van der Waals surface area contributed by atoms with E-state index in [0.29, 0.717) is 13.2 Å². The summed E-state index contributed by atoms with van der Waals surface area (Å²) in [6, 6.07) is 9.46. The van der Waals surface area contributed by atoms with Crippen molar-refractivity contribution in [1.29, 1.82) is 0 Å². The van der Waals surface area contributed by atoms with Crippen LogP contribution in [-0.4, -0.2) is 42.9 Å². The number of hydrogen-bond acceptors (Lipinski definition) is 4. The molecule has 1 fully saturated rings. The normalized spacial score (nSPS) is 18.6. The van der Waals surface area contributed by atoms with Crippen LogP contribution in [0.5, 0.6) is 0 Å². The molecule has 1 heterocycles. The predicted molar refractivity (Wildman–Crippen MR) is 77.4 cm³/mol. The topological polar surface area (TPSA) is 79.9 Å². The number of primary amides is 1. The van der Waals surface area contributed by atoms with Gasteiger partial charge in [-0.25, -0.2) is 10.2 Å². The third kappa shape index (κ3) is 3.79. The van der Waals surface area contributed by atoms with Crippen LogP contribution in [0.25, 0.3) is 0 Å². The molecule has 0 unspecified atom stereocenters. The number of ether oxygens (including phenoxy) is 1. The van der Waals surface area contributed by atoms with E-state index in [1.165, 1.54) is 0 Å². The van der Waals surface area contributed by atoms with Gasteiger partial charge in [0.25, 0.3) is 0 Å². The number of morpholine rings is 1. The number of nitrogens with two attached hydrogens (primary N) is 1. The SMILES string of the molecule is C/C(=N/NC(N)=O)[C@@H](c1ccccc1)N1CCOCC1. The summed E-state index contributed by atoms with van der Waals surface area (Å²) < 4.78 is 5.39. The van der Waals surface area contributed by atoms with Gasteiger partial charge in [-0.1, -0.05) is 30.3 Å². The maximum atomic E-state index is 10.8. The first-order valence-corrected chi connectivity index (χ1v) is 6.65. The van der Waals surface area contributed by atoms with Gasteiger partial charge >= 0.3 is 6.03 Å². The molecule has 1 saturated heterocycles. The zero-order valence-electron chi connectivity index (χ0n) is 11.6. The van der Waals surface area contributed by atoms with E-state index in [4.69, 9.17) is 10.5 Å². The molecular weight excluding hydrogens is 256 g/mol. The fourth-order valence-electron chi connectivity index (χ4n) is 2.39. The van der Waals surface area contributed by atoms with Gasteiger partial charge in [0.05, 0.1) is 25.0 Å². The van der Waals surface area contributed by atoms with Crippen molar-refractivity contribution in [1.82, 2.24) is 10.3 Å². The summed E-state index contributed by atoms with van der Waals surface area (Å²) in [5, 5.41) is 4.09. The minimum atomic E-state index is -0.655. The largest absolute Gasteiger partial charge is 0.379 e. The first-order valence-electron chi connectivity index (χ1n) is 6.65. The molecule has 1 aromatic rings. The number of benzene rings is 1. The first-order chi connectivity index (χ1) is 9.68. The van der Waals surface area contributed by atoms with E-state index in [0.717, 1.165) is 24.4 Å². The van der Waals surface area contributed by atoms with Gasteiger partial charge in [-0.15, -0.1) is 0 Å². The highest BCUT2D eigenvalue weighted by Gasteiger charge is 2.25. The van der Waals surface area contributed by atoms with Crippen LogP contribution in [0.15, 0.2) is 35.4 Å². The Kier molecular flexibility index (Phi) is 5.09. The number of nitrogens with zero attached hydrogens (tertiary/aromatic N) is 2. The number of nitrogens with one attached hydrogen (secondary N) is 1. The molecule has 1 aliphatic heterocycles. The molecule has 6 heteroatoms. The average Bonchev–Trinajstić information content (AvgIpc) is 2.48. The number of carbonyl (C=O) groups is 1.